The number of H-pyrrole nitrogens is 1. The summed E-state index contributed by atoms with van der Waals surface area (Å²) >= 11 is 1.20. The van der Waals surface area contributed by atoms with Gasteiger partial charge in [0.15, 0.2) is 5.69 Å². The number of thiazole rings is 1. The van der Waals surface area contributed by atoms with Crippen molar-refractivity contribution in [2.24, 2.45) is 0 Å². The van der Waals surface area contributed by atoms with Crippen LogP contribution in [0, 0.1) is 5.82 Å². The van der Waals surface area contributed by atoms with Crippen LogP contribution in [0.3, 0.4) is 0 Å². The van der Waals surface area contributed by atoms with E-state index in [0.29, 0.717) is 47.8 Å². The first-order valence-electron chi connectivity index (χ1n) is 9.22. The largest absolute Gasteiger partial charge is 0.476 e. The molecule has 0 atom stereocenters. The number of aromatic amines is 1. The number of benzene rings is 1. The molecule has 0 spiro atoms. The topological polar surface area (TPSA) is 116 Å². The van der Waals surface area contributed by atoms with Crippen LogP contribution in [0.25, 0.3) is 21.8 Å². The number of aromatic nitrogens is 3. The summed E-state index contributed by atoms with van der Waals surface area (Å²) in [6.07, 6.45) is 2.40. The Bertz CT molecular complexity index is 1180. The molecular weight excluding hydrogens is 431 g/mol. The molecule has 0 unspecified atom stereocenters. The number of rotatable bonds is 5. The fraction of sp³-hybridized carbons (Fsp3) is 0.316. The lowest BCUT2D eigenvalue weighted by Crippen LogP contribution is -2.37. The van der Waals surface area contributed by atoms with E-state index in [-0.39, 0.29) is 17.4 Å². The minimum absolute atomic E-state index is 0.0110. The minimum Gasteiger partial charge on any atom is -0.476 e. The van der Waals surface area contributed by atoms with E-state index in [9.17, 15) is 22.7 Å². The molecule has 1 fully saturated rings. The molecule has 3 aromatic rings. The Hall–Kier alpha value is -2.63. The van der Waals surface area contributed by atoms with Crippen molar-refractivity contribution in [1.29, 1.82) is 0 Å². The lowest BCUT2D eigenvalue weighted by atomic mass is 9.91. The van der Waals surface area contributed by atoms with Crippen LogP contribution in [0.1, 0.15) is 34.9 Å². The summed E-state index contributed by atoms with van der Waals surface area (Å²) in [4.78, 5) is 15.6. The van der Waals surface area contributed by atoms with Crippen LogP contribution < -0.4 is 0 Å². The van der Waals surface area contributed by atoms with Crippen LogP contribution >= 0.6 is 11.3 Å². The van der Waals surface area contributed by atoms with Crippen molar-refractivity contribution in [3.8, 4) is 21.8 Å². The van der Waals surface area contributed by atoms with Gasteiger partial charge in [0.1, 0.15) is 16.5 Å². The highest BCUT2D eigenvalue weighted by molar-refractivity contribution is 7.88. The van der Waals surface area contributed by atoms with Crippen LogP contribution in [-0.2, 0) is 10.0 Å². The molecule has 1 aliphatic heterocycles. The Labute approximate surface area is 176 Å². The van der Waals surface area contributed by atoms with Crippen LogP contribution in [0.15, 0.2) is 29.6 Å². The molecule has 11 heteroatoms. The van der Waals surface area contributed by atoms with Crippen molar-refractivity contribution in [2.75, 3.05) is 19.3 Å². The summed E-state index contributed by atoms with van der Waals surface area (Å²) in [5, 5.41) is 18.7. The maximum Gasteiger partial charge on any atom is 0.355 e. The van der Waals surface area contributed by atoms with E-state index in [0.717, 1.165) is 5.69 Å². The van der Waals surface area contributed by atoms with E-state index in [4.69, 9.17) is 0 Å². The molecule has 8 nitrogen and oxygen atoms in total. The highest BCUT2D eigenvalue weighted by atomic mass is 32.2. The molecule has 1 aromatic carbocycles. The SMILES string of the molecule is CS(=O)(=O)N1CCC(c2[nH]nc(-c3ccc(F)cc3)c2-c2nc(C(=O)O)cs2)CC1. The molecule has 2 aromatic heterocycles. The first-order chi connectivity index (χ1) is 14.2. The number of carboxylic acid groups (broad SMARTS) is 1. The third-order valence-electron chi connectivity index (χ3n) is 5.18. The number of piperidine rings is 1. The standard InChI is InChI=1S/C19H19FN4O4S2/c1-30(27,28)24-8-6-12(7-9-24)17-15(18-21-14(10-29-18)19(25)26)16(22-23-17)11-2-4-13(20)5-3-11/h2-5,10,12H,6-9H2,1H3,(H,22,23)(H,25,26). The lowest BCUT2D eigenvalue weighted by Gasteiger charge is -2.30. The van der Waals surface area contributed by atoms with Crippen molar-refractivity contribution in [3.05, 3.63) is 46.9 Å². The van der Waals surface area contributed by atoms with Crippen LogP contribution in [0.2, 0.25) is 0 Å². The zero-order chi connectivity index (χ0) is 21.5. The van der Waals surface area contributed by atoms with E-state index in [1.54, 1.807) is 12.1 Å². The number of carboxylic acids is 1. The molecule has 1 aliphatic rings. The summed E-state index contributed by atoms with van der Waals surface area (Å²) < 4.78 is 38.5. The van der Waals surface area contributed by atoms with Crippen LogP contribution in [-0.4, -0.2) is 58.3 Å². The third kappa shape index (κ3) is 4.00. The summed E-state index contributed by atoms with van der Waals surface area (Å²) in [7, 11) is -3.25. The second-order valence-electron chi connectivity index (χ2n) is 7.15. The predicted octanol–water partition coefficient (Wildman–Crippen LogP) is 3.18. The minimum atomic E-state index is -3.25. The number of nitrogens with one attached hydrogen (secondary N) is 1. The average molecular weight is 451 g/mol. The van der Waals surface area contributed by atoms with Crippen molar-refractivity contribution < 1.29 is 22.7 Å². The van der Waals surface area contributed by atoms with E-state index < -0.39 is 16.0 Å². The van der Waals surface area contributed by atoms with Crippen molar-refractivity contribution >= 4 is 27.3 Å². The monoisotopic (exact) mass is 450 g/mol. The van der Waals surface area contributed by atoms with Crippen molar-refractivity contribution in [2.45, 2.75) is 18.8 Å². The van der Waals surface area contributed by atoms with Gasteiger partial charge in [0, 0.05) is 35.6 Å². The van der Waals surface area contributed by atoms with E-state index in [1.165, 1.54) is 39.4 Å². The Morgan fingerprint density at radius 1 is 1.27 bits per heavy atom. The van der Waals surface area contributed by atoms with Gasteiger partial charge in [-0.15, -0.1) is 11.3 Å². The number of halogens is 1. The summed E-state index contributed by atoms with van der Waals surface area (Å²) in [6.45, 7) is 0.790. The molecule has 30 heavy (non-hydrogen) atoms. The van der Waals surface area contributed by atoms with Gasteiger partial charge in [0.05, 0.1) is 11.8 Å². The van der Waals surface area contributed by atoms with E-state index in [2.05, 4.69) is 15.2 Å². The molecule has 2 N–H and O–H groups in total. The van der Waals surface area contributed by atoms with Gasteiger partial charge in [0.25, 0.3) is 0 Å². The maximum atomic E-state index is 13.4. The van der Waals surface area contributed by atoms with Crippen molar-refractivity contribution in [1.82, 2.24) is 19.5 Å². The number of nitrogens with zero attached hydrogens (tertiary/aromatic N) is 3. The fourth-order valence-electron chi connectivity index (χ4n) is 3.65. The Morgan fingerprint density at radius 3 is 2.50 bits per heavy atom. The fourth-order valence-corrected chi connectivity index (χ4v) is 5.37. The average Bonchev–Trinajstić information content (AvgIpc) is 3.35. The molecule has 4 rings (SSSR count). The summed E-state index contributed by atoms with van der Waals surface area (Å²) in [6, 6.07) is 5.89. The highest BCUT2D eigenvalue weighted by Gasteiger charge is 2.31. The zero-order valence-corrected chi connectivity index (χ0v) is 17.6. The van der Waals surface area contributed by atoms with Gasteiger partial charge >= 0.3 is 5.97 Å². The number of hydrogen-bond acceptors (Lipinski definition) is 6. The molecule has 1 saturated heterocycles. The molecule has 3 heterocycles. The smallest absolute Gasteiger partial charge is 0.355 e. The second-order valence-corrected chi connectivity index (χ2v) is 9.99. The number of carbonyl (C=O) groups is 1. The summed E-state index contributed by atoms with van der Waals surface area (Å²) in [5.74, 6) is -1.48. The summed E-state index contributed by atoms with van der Waals surface area (Å²) in [5.41, 5.74) is 2.64. The van der Waals surface area contributed by atoms with Gasteiger partial charge in [-0.1, -0.05) is 0 Å². The highest BCUT2D eigenvalue weighted by Crippen LogP contribution is 2.41. The molecular formula is C19H19FN4O4S2. The van der Waals surface area contributed by atoms with Gasteiger partial charge < -0.3 is 5.11 Å². The zero-order valence-electron chi connectivity index (χ0n) is 16.0. The lowest BCUT2D eigenvalue weighted by molar-refractivity contribution is 0.0691. The van der Waals surface area contributed by atoms with Crippen LogP contribution in [0.4, 0.5) is 4.39 Å². The molecule has 0 radical (unpaired) electrons. The van der Waals surface area contributed by atoms with Gasteiger partial charge in [-0.3, -0.25) is 5.10 Å². The van der Waals surface area contributed by atoms with Gasteiger partial charge in [0.2, 0.25) is 10.0 Å². The molecule has 158 valence electrons. The van der Waals surface area contributed by atoms with Gasteiger partial charge in [-0.2, -0.15) is 5.10 Å². The Kier molecular flexibility index (Phi) is 5.43. The van der Waals surface area contributed by atoms with Crippen molar-refractivity contribution in [3.63, 3.8) is 0 Å². The van der Waals surface area contributed by atoms with Gasteiger partial charge in [-0.05, 0) is 37.1 Å². The first-order valence-corrected chi connectivity index (χ1v) is 12.0. The molecule has 0 aliphatic carbocycles. The first kappa shape index (κ1) is 20.6. The Morgan fingerprint density at radius 2 is 1.93 bits per heavy atom. The van der Waals surface area contributed by atoms with Gasteiger partial charge in [-0.25, -0.2) is 26.9 Å². The quantitative estimate of drug-likeness (QED) is 0.617. The third-order valence-corrected chi connectivity index (χ3v) is 7.34. The van der Waals surface area contributed by atoms with E-state index >= 15 is 0 Å². The number of aromatic carboxylic acids is 1. The number of hydrogen-bond donors (Lipinski definition) is 2. The normalized spacial score (nSPS) is 16.1. The van der Waals surface area contributed by atoms with Crippen LogP contribution in [0.5, 0.6) is 0 Å². The van der Waals surface area contributed by atoms with E-state index in [1.807, 2.05) is 0 Å². The maximum absolute atomic E-state index is 13.4. The number of sulfonamides is 1. The second kappa shape index (κ2) is 7.89. The molecule has 0 amide bonds. The molecule has 0 saturated carbocycles. The molecule has 0 bridgehead atoms. The Balaban J connectivity index is 1.75. The predicted molar refractivity (Wildman–Crippen MR) is 110 cm³/mol.